The summed E-state index contributed by atoms with van der Waals surface area (Å²) in [6, 6.07) is 2.90. The predicted octanol–water partition coefficient (Wildman–Crippen LogP) is 2.42. The van der Waals surface area contributed by atoms with E-state index in [1.54, 1.807) is 6.92 Å². The van der Waals surface area contributed by atoms with Crippen LogP contribution in [0.4, 0.5) is 5.69 Å². The molecule has 0 aromatic heterocycles. The van der Waals surface area contributed by atoms with Gasteiger partial charge in [0, 0.05) is 10.4 Å². The Balaban J connectivity index is 2.98. The van der Waals surface area contributed by atoms with Crippen molar-refractivity contribution in [3.63, 3.8) is 0 Å². The van der Waals surface area contributed by atoms with Crippen molar-refractivity contribution >= 4 is 33.4 Å². The first-order chi connectivity index (χ1) is 9.40. The number of rotatable bonds is 4. The first-order valence-corrected chi connectivity index (χ1v) is 9.01. The lowest BCUT2D eigenvalue weighted by molar-refractivity contribution is -0.113. The van der Waals surface area contributed by atoms with Crippen molar-refractivity contribution < 1.29 is 13.2 Å². The number of carbonyl (C=O) groups is 1. The molecule has 0 aliphatic heterocycles. The average molecular weight is 330 g/mol. The number of anilines is 1. The second-order valence-corrected chi connectivity index (χ2v) is 9.27. The largest absolute Gasteiger partial charge is 0.325 e. The van der Waals surface area contributed by atoms with Gasteiger partial charge in [-0.15, -0.1) is 11.8 Å². The van der Waals surface area contributed by atoms with Crippen molar-refractivity contribution in [2.45, 2.75) is 44.3 Å². The summed E-state index contributed by atoms with van der Waals surface area (Å²) in [6.07, 6.45) is 0. The number of aryl methyl sites for hydroxylation is 1. The van der Waals surface area contributed by atoms with Crippen LogP contribution in [-0.4, -0.2) is 24.8 Å². The number of sulfonamides is 1. The van der Waals surface area contributed by atoms with E-state index in [1.807, 2.05) is 27.7 Å². The van der Waals surface area contributed by atoms with Crippen molar-refractivity contribution in [2.75, 3.05) is 11.1 Å². The van der Waals surface area contributed by atoms with Crippen LogP contribution in [0.3, 0.4) is 0 Å². The van der Waals surface area contributed by atoms with Gasteiger partial charge in [0.2, 0.25) is 15.9 Å². The van der Waals surface area contributed by atoms with Gasteiger partial charge in [-0.1, -0.05) is 20.8 Å². The highest BCUT2D eigenvalue weighted by molar-refractivity contribution is 8.01. The molecule has 0 aliphatic carbocycles. The van der Waals surface area contributed by atoms with Gasteiger partial charge in [0.25, 0.3) is 0 Å². The van der Waals surface area contributed by atoms with Crippen LogP contribution in [-0.2, 0) is 14.8 Å². The third kappa shape index (κ3) is 5.68. The minimum Gasteiger partial charge on any atom is -0.325 e. The second kappa shape index (κ2) is 6.37. The van der Waals surface area contributed by atoms with Gasteiger partial charge in [0.15, 0.2) is 0 Å². The standard InChI is InChI=1S/C14H22N2O3S2/c1-9-6-11(21(15,18)19)7-12(10(9)2)16-13(17)8-20-14(3,4)5/h6-7H,8H2,1-5H3,(H,16,17)(H2,15,18,19). The van der Waals surface area contributed by atoms with Crippen LogP contribution in [0.1, 0.15) is 31.9 Å². The number of benzene rings is 1. The zero-order chi connectivity index (χ0) is 16.4. The normalized spacial score (nSPS) is 12.3. The SMILES string of the molecule is Cc1cc(S(N)(=O)=O)cc(NC(=O)CSC(C)(C)C)c1C. The summed E-state index contributed by atoms with van der Waals surface area (Å²) < 4.78 is 22.9. The quantitative estimate of drug-likeness (QED) is 0.887. The molecule has 0 saturated carbocycles. The molecule has 1 amide bonds. The molecule has 0 heterocycles. The molecule has 1 aromatic rings. The van der Waals surface area contributed by atoms with Crippen LogP contribution in [0.15, 0.2) is 17.0 Å². The highest BCUT2D eigenvalue weighted by Gasteiger charge is 2.16. The molecule has 3 N–H and O–H groups in total. The van der Waals surface area contributed by atoms with Crippen LogP contribution in [0.25, 0.3) is 0 Å². The van der Waals surface area contributed by atoms with Crippen LogP contribution in [0.2, 0.25) is 0 Å². The van der Waals surface area contributed by atoms with Gasteiger partial charge >= 0.3 is 0 Å². The highest BCUT2D eigenvalue weighted by atomic mass is 32.2. The van der Waals surface area contributed by atoms with E-state index in [2.05, 4.69) is 5.32 Å². The van der Waals surface area contributed by atoms with Crippen molar-refractivity contribution in [2.24, 2.45) is 5.14 Å². The van der Waals surface area contributed by atoms with Crippen LogP contribution < -0.4 is 10.5 Å². The second-order valence-electron chi connectivity index (χ2n) is 5.91. The summed E-state index contributed by atoms with van der Waals surface area (Å²) in [4.78, 5) is 12.0. The Bertz CT molecular complexity index is 647. The lowest BCUT2D eigenvalue weighted by Crippen LogP contribution is -2.20. The fourth-order valence-electron chi connectivity index (χ4n) is 1.59. The summed E-state index contributed by atoms with van der Waals surface area (Å²) in [5.74, 6) is 0.144. The summed E-state index contributed by atoms with van der Waals surface area (Å²) in [6.45, 7) is 9.70. The molecule has 0 aliphatic rings. The van der Waals surface area contributed by atoms with E-state index in [0.29, 0.717) is 11.4 Å². The molecule has 0 spiro atoms. The molecule has 118 valence electrons. The molecule has 0 bridgehead atoms. The molecule has 0 saturated heterocycles. The van der Waals surface area contributed by atoms with Crippen molar-refractivity contribution in [1.29, 1.82) is 0 Å². The molecule has 0 fully saturated rings. The van der Waals surface area contributed by atoms with Gasteiger partial charge in [-0.25, -0.2) is 13.6 Å². The maximum atomic E-state index is 12.0. The van der Waals surface area contributed by atoms with Crippen molar-refractivity contribution in [3.8, 4) is 0 Å². The Morgan fingerprint density at radius 1 is 1.29 bits per heavy atom. The van der Waals surface area contributed by atoms with E-state index in [4.69, 9.17) is 5.14 Å². The molecule has 7 heteroatoms. The van der Waals surface area contributed by atoms with E-state index in [1.165, 1.54) is 23.9 Å². The number of hydrogen-bond acceptors (Lipinski definition) is 4. The van der Waals surface area contributed by atoms with Gasteiger partial charge in [0.1, 0.15) is 0 Å². The minimum atomic E-state index is -3.79. The number of carbonyl (C=O) groups excluding carboxylic acids is 1. The number of nitrogens with two attached hydrogens (primary N) is 1. The topological polar surface area (TPSA) is 89.3 Å². The van der Waals surface area contributed by atoms with E-state index in [-0.39, 0.29) is 15.5 Å². The first-order valence-electron chi connectivity index (χ1n) is 6.48. The zero-order valence-corrected chi connectivity index (χ0v) is 14.6. The monoisotopic (exact) mass is 330 g/mol. The molecule has 1 rings (SSSR count). The Labute approximate surface area is 130 Å². The summed E-state index contributed by atoms with van der Waals surface area (Å²) in [7, 11) is -3.79. The molecular formula is C14H22N2O3S2. The fourth-order valence-corrected chi connectivity index (χ4v) is 2.85. The van der Waals surface area contributed by atoms with E-state index >= 15 is 0 Å². The number of thioether (sulfide) groups is 1. The number of primary sulfonamides is 1. The van der Waals surface area contributed by atoms with Gasteiger partial charge in [0.05, 0.1) is 10.6 Å². The molecule has 1 aromatic carbocycles. The van der Waals surface area contributed by atoms with Gasteiger partial charge in [-0.2, -0.15) is 0 Å². The summed E-state index contributed by atoms with van der Waals surface area (Å²) in [5.41, 5.74) is 2.08. The Morgan fingerprint density at radius 2 is 1.86 bits per heavy atom. The van der Waals surface area contributed by atoms with E-state index in [0.717, 1.165) is 11.1 Å². The van der Waals surface area contributed by atoms with Gasteiger partial charge in [-0.05, 0) is 37.1 Å². The highest BCUT2D eigenvalue weighted by Crippen LogP contribution is 2.26. The average Bonchev–Trinajstić information content (AvgIpc) is 2.30. The molecule has 0 atom stereocenters. The first kappa shape index (κ1) is 18.0. The maximum absolute atomic E-state index is 12.0. The van der Waals surface area contributed by atoms with Crippen LogP contribution in [0, 0.1) is 13.8 Å². The Morgan fingerprint density at radius 3 is 2.33 bits per heavy atom. The maximum Gasteiger partial charge on any atom is 0.238 e. The predicted molar refractivity (Wildman–Crippen MR) is 88.1 cm³/mol. The van der Waals surface area contributed by atoms with Crippen molar-refractivity contribution in [3.05, 3.63) is 23.3 Å². The summed E-state index contributed by atoms with van der Waals surface area (Å²) >= 11 is 1.53. The lowest BCUT2D eigenvalue weighted by atomic mass is 10.1. The Kier molecular flexibility index (Phi) is 5.46. The minimum absolute atomic E-state index is 0.00405. The molecular weight excluding hydrogens is 308 g/mol. The van der Waals surface area contributed by atoms with Gasteiger partial charge < -0.3 is 5.32 Å². The van der Waals surface area contributed by atoms with E-state index in [9.17, 15) is 13.2 Å². The molecule has 21 heavy (non-hydrogen) atoms. The smallest absolute Gasteiger partial charge is 0.238 e. The third-order valence-electron chi connectivity index (χ3n) is 2.88. The molecule has 0 unspecified atom stereocenters. The third-order valence-corrected chi connectivity index (χ3v) is 5.05. The zero-order valence-electron chi connectivity index (χ0n) is 13.0. The van der Waals surface area contributed by atoms with Crippen LogP contribution in [0.5, 0.6) is 0 Å². The Hall–Kier alpha value is -1.05. The molecule has 0 radical (unpaired) electrons. The lowest BCUT2D eigenvalue weighted by Gasteiger charge is -2.18. The number of nitrogens with one attached hydrogen (secondary N) is 1. The summed E-state index contributed by atoms with van der Waals surface area (Å²) in [5, 5.41) is 7.90. The van der Waals surface area contributed by atoms with Gasteiger partial charge in [-0.3, -0.25) is 4.79 Å². The van der Waals surface area contributed by atoms with Crippen LogP contribution >= 0.6 is 11.8 Å². The van der Waals surface area contributed by atoms with Crippen molar-refractivity contribution in [1.82, 2.24) is 0 Å². The molecule has 5 nitrogen and oxygen atoms in total. The van der Waals surface area contributed by atoms with E-state index < -0.39 is 10.0 Å². The fraction of sp³-hybridized carbons (Fsp3) is 0.500. The number of hydrogen-bond donors (Lipinski definition) is 2. The number of amides is 1.